The molecule has 0 aromatic rings. The van der Waals surface area contributed by atoms with Gasteiger partial charge in [0.1, 0.15) is 0 Å². The van der Waals surface area contributed by atoms with Gasteiger partial charge in [0.15, 0.2) is 0 Å². The van der Waals surface area contributed by atoms with E-state index in [1.165, 1.54) is 37.7 Å². The van der Waals surface area contributed by atoms with Crippen LogP contribution in [0.25, 0.3) is 0 Å². The van der Waals surface area contributed by atoms with E-state index in [1.54, 1.807) is 0 Å². The summed E-state index contributed by atoms with van der Waals surface area (Å²) in [7, 11) is 2.06. The molecule has 1 atom stereocenters. The lowest BCUT2D eigenvalue weighted by atomic mass is 9.97. The smallest absolute Gasteiger partial charge is 0.0876 e. The van der Waals surface area contributed by atoms with Crippen LogP contribution in [0.2, 0.25) is 0 Å². The highest BCUT2D eigenvalue weighted by Crippen LogP contribution is 2.35. The van der Waals surface area contributed by atoms with Crippen molar-refractivity contribution in [2.24, 2.45) is 5.92 Å². The van der Waals surface area contributed by atoms with E-state index in [2.05, 4.69) is 12.4 Å². The highest BCUT2D eigenvalue weighted by molar-refractivity contribution is 5.10. The molecule has 0 spiro atoms. The summed E-state index contributed by atoms with van der Waals surface area (Å²) in [6, 6.07) is 0.577. The van der Waals surface area contributed by atoms with Gasteiger partial charge in [-0.1, -0.05) is 12.8 Å². The standard InChI is InChI=1S/C11H19NO/c1-12-11(7-9-4-5-9)10-3-2-6-13-8-10/h8-9,11-12H,2-7H2,1H3. The predicted molar refractivity (Wildman–Crippen MR) is 53.5 cm³/mol. The Balaban J connectivity index is 1.89. The first-order chi connectivity index (χ1) is 6.40. The van der Waals surface area contributed by atoms with Gasteiger partial charge in [0.05, 0.1) is 12.9 Å². The van der Waals surface area contributed by atoms with E-state index in [1.807, 2.05) is 6.26 Å². The molecule has 2 rings (SSSR count). The minimum absolute atomic E-state index is 0.577. The molecule has 0 aromatic carbocycles. The average molecular weight is 181 g/mol. The molecule has 1 fully saturated rings. The number of rotatable bonds is 4. The third-order valence-corrected chi connectivity index (χ3v) is 3.02. The average Bonchev–Trinajstić information content (AvgIpc) is 2.99. The first kappa shape index (κ1) is 9.07. The predicted octanol–water partition coefficient (Wildman–Crippen LogP) is 2.07. The Labute approximate surface area is 80.4 Å². The largest absolute Gasteiger partial charge is 0.501 e. The Bertz CT molecular complexity index is 196. The lowest BCUT2D eigenvalue weighted by molar-refractivity contribution is 0.218. The molecule has 1 heterocycles. The molecule has 1 N–H and O–H groups in total. The summed E-state index contributed by atoms with van der Waals surface area (Å²) < 4.78 is 5.36. The fourth-order valence-electron chi connectivity index (χ4n) is 1.98. The number of hydrogen-bond acceptors (Lipinski definition) is 2. The SMILES string of the molecule is CNC(CC1CC1)C1=COCCC1. The number of nitrogens with one attached hydrogen (secondary N) is 1. The topological polar surface area (TPSA) is 21.3 Å². The molecule has 0 radical (unpaired) electrons. The van der Waals surface area contributed by atoms with Crippen molar-refractivity contribution < 1.29 is 4.74 Å². The van der Waals surface area contributed by atoms with Crippen molar-refractivity contribution in [2.75, 3.05) is 13.7 Å². The number of hydrogen-bond donors (Lipinski definition) is 1. The normalized spacial score (nSPS) is 24.8. The summed E-state index contributed by atoms with van der Waals surface area (Å²) in [5, 5.41) is 3.39. The van der Waals surface area contributed by atoms with Gasteiger partial charge in [0.25, 0.3) is 0 Å². The minimum Gasteiger partial charge on any atom is -0.501 e. The van der Waals surface area contributed by atoms with Crippen molar-refractivity contribution >= 4 is 0 Å². The van der Waals surface area contributed by atoms with E-state index in [0.717, 1.165) is 12.5 Å². The Morgan fingerprint density at radius 1 is 1.62 bits per heavy atom. The third kappa shape index (κ3) is 2.47. The lowest BCUT2D eigenvalue weighted by Gasteiger charge is -2.22. The van der Waals surface area contributed by atoms with Crippen LogP contribution in [0.5, 0.6) is 0 Å². The molecule has 0 bridgehead atoms. The highest BCUT2D eigenvalue weighted by Gasteiger charge is 2.26. The van der Waals surface area contributed by atoms with Crippen LogP contribution in [0.15, 0.2) is 11.8 Å². The molecule has 1 aliphatic heterocycles. The molecule has 1 saturated carbocycles. The molecule has 2 heteroatoms. The van der Waals surface area contributed by atoms with Gasteiger partial charge >= 0.3 is 0 Å². The zero-order valence-electron chi connectivity index (χ0n) is 8.38. The van der Waals surface area contributed by atoms with Crippen molar-refractivity contribution in [3.8, 4) is 0 Å². The quantitative estimate of drug-likeness (QED) is 0.717. The van der Waals surface area contributed by atoms with Gasteiger partial charge in [-0.3, -0.25) is 0 Å². The maximum atomic E-state index is 5.36. The minimum atomic E-state index is 0.577. The molecular formula is C11H19NO. The Morgan fingerprint density at radius 3 is 3.00 bits per heavy atom. The summed E-state index contributed by atoms with van der Waals surface area (Å²) >= 11 is 0. The maximum absolute atomic E-state index is 5.36. The van der Waals surface area contributed by atoms with Crippen LogP contribution in [0.1, 0.15) is 32.1 Å². The lowest BCUT2D eigenvalue weighted by Crippen LogP contribution is -2.29. The van der Waals surface area contributed by atoms with Crippen molar-refractivity contribution in [2.45, 2.75) is 38.1 Å². The Morgan fingerprint density at radius 2 is 2.46 bits per heavy atom. The Kier molecular flexibility index (Phi) is 2.89. The maximum Gasteiger partial charge on any atom is 0.0876 e. The van der Waals surface area contributed by atoms with Crippen LogP contribution >= 0.6 is 0 Å². The summed E-state index contributed by atoms with van der Waals surface area (Å²) in [5.41, 5.74) is 1.47. The van der Waals surface area contributed by atoms with Gasteiger partial charge in [-0.2, -0.15) is 0 Å². The van der Waals surface area contributed by atoms with Crippen LogP contribution in [-0.2, 0) is 4.74 Å². The van der Waals surface area contributed by atoms with Gasteiger partial charge in [0.2, 0.25) is 0 Å². The first-order valence-corrected chi connectivity index (χ1v) is 5.38. The van der Waals surface area contributed by atoms with Crippen LogP contribution in [-0.4, -0.2) is 19.7 Å². The second kappa shape index (κ2) is 4.14. The molecule has 13 heavy (non-hydrogen) atoms. The molecule has 0 aromatic heterocycles. The molecule has 2 nitrogen and oxygen atoms in total. The fourth-order valence-corrected chi connectivity index (χ4v) is 1.98. The van der Waals surface area contributed by atoms with Crippen molar-refractivity contribution in [3.63, 3.8) is 0 Å². The van der Waals surface area contributed by atoms with Crippen molar-refractivity contribution in [3.05, 3.63) is 11.8 Å². The zero-order valence-corrected chi connectivity index (χ0v) is 8.38. The second-order valence-corrected chi connectivity index (χ2v) is 4.19. The van der Waals surface area contributed by atoms with E-state index in [4.69, 9.17) is 4.74 Å². The third-order valence-electron chi connectivity index (χ3n) is 3.02. The van der Waals surface area contributed by atoms with Gasteiger partial charge in [-0.05, 0) is 37.8 Å². The van der Waals surface area contributed by atoms with Gasteiger partial charge in [-0.25, -0.2) is 0 Å². The van der Waals surface area contributed by atoms with E-state index in [-0.39, 0.29) is 0 Å². The van der Waals surface area contributed by atoms with E-state index < -0.39 is 0 Å². The van der Waals surface area contributed by atoms with Gasteiger partial charge in [-0.15, -0.1) is 0 Å². The second-order valence-electron chi connectivity index (χ2n) is 4.19. The van der Waals surface area contributed by atoms with E-state index >= 15 is 0 Å². The summed E-state index contributed by atoms with van der Waals surface area (Å²) in [6.07, 6.45) is 8.57. The number of likely N-dealkylation sites (N-methyl/N-ethyl adjacent to an activating group) is 1. The monoisotopic (exact) mass is 181 g/mol. The van der Waals surface area contributed by atoms with Gasteiger partial charge in [0, 0.05) is 6.04 Å². The van der Waals surface area contributed by atoms with Crippen LogP contribution < -0.4 is 5.32 Å². The molecule has 0 amide bonds. The summed E-state index contributed by atoms with van der Waals surface area (Å²) in [5.74, 6) is 0.986. The highest BCUT2D eigenvalue weighted by atomic mass is 16.5. The number of ether oxygens (including phenoxy) is 1. The molecule has 1 aliphatic carbocycles. The summed E-state index contributed by atoms with van der Waals surface area (Å²) in [6.45, 7) is 0.906. The molecule has 1 unspecified atom stereocenters. The van der Waals surface area contributed by atoms with Gasteiger partial charge < -0.3 is 10.1 Å². The first-order valence-electron chi connectivity index (χ1n) is 5.38. The van der Waals surface area contributed by atoms with E-state index in [9.17, 15) is 0 Å². The van der Waals surface area contributed by atoms with E-state index in [0.29, 0.717) is 6.04 Å². The van der Waals surface area contributed by atoms with Crippen molar-refractivity contribution in [1.29, 1.82) is 0 Å². The molecule has 0 saturated heterocycles. The van der Waals surface area contributed by atoms with Crippen LogP contribution in [0.4, 0.5) is 0 Å². The molecule has 2 aliphatic rings. The molecular weight excluding hydrogens is 162 g/mol. The van der Waals surface area contributed by atoms with Crippen LogP contribution in [0, 0.1) is 5.92 Å². The van der Waals surface area contributed by atoms with Crippen molar-refractivity contribution in [1.82, 2.24) is 5.32 Å². The molecule has 74 valence electrons. The van der Waals surface area contributed by atoms with Crippen LogP contribution in [0.3, 0.4) is 0 Å². The Hall–Kier alpha value is -0.500. The fraction of sp³-hybridized carbons (Fsp3) is 0.818. The zero-order chi connectivity index (χ0) is 9.10. The summed E-state index contributed by atoms with van der Waals surface area (Å²) in [4.78, 5) is 0.